The molecule has 1 heterocycles. The molecule has 0 bridgehead atoms. The van der Waals surface area contributed by atoms with Gasteiger partial charge in [0.1, 0.15) is 5.75 Å². The fourth-order valence-electron chi connectivity index (χ4n) is 3.29. The minimum absolute atomic E-state index is 0.00876. The Balaban J connectivity index is 1.60. The average molecular weight is 382 g/mol. The SMILES string of the molecule is COc1ccc(/C=C/C(=O)N2CCN(c3ccccc3OC)CC2)cc1OC. The van der Waals surface area contributed by atoms with E-state index in [1.54, 1.807) is 33.5 Å². The number of piperazine rings is 1. The molecule has 1 aliphatic rings. The van der Waals surface area contributed by atoms with Crippen LogP contribution in [0.15, 0.2) is 48.5 Å². The van der Waals surface area contributed by atoms with Gasteiger partial charge in [0.25, 0.3) is 0 Å². The second-order valence-electron chi connectivity index (χ2n) is 6.43. The molecule has 28 heavy (non-hydrogen) atoms. The highest BCUT2D eigenvalue weighted by atomic mass is 16.5. The minimum Gasteiger partial charge on any atom is -0.495 e. The van der Waals surface area contributed by atoms with E-state index in [4.69, 9.17) is 14.2 Å². The lowest BCUT2D eigenvalue weighted by atomic mass is 10.1. The summed E-state index contributed by atoms with van der Waals surface area (Å²) < 4.78 is 16.0. The van der Waals surface area contributed by atoms with Gasteiger partial charge in [0, 0.05) is 32.3 Å². The van der Waals surface area contributed by atoms with Gasteiger partial charge in [-0.05, 0) is 35.9 Å². The number of anilines is 1. The molecule has 0 aromatic heterocycles. The molecule has 0 aliphatic carbocycles. The van der Waals surface area contributed by atoms with E-state index in [1.165, 1.54) is 0 Å². The second kappa shape index (κ2) is 9.17. The Bertz CT molecular complexity index is 842. The quantitative estimate of drug-likeness (QED) is 0.719. The Kier molecular flexibility index (Phi) is 6.42. The third-order valence-electron chi connectivity index (χ3n) is 4.84. The standard InChI is InChI=1S/C22H26N2O4/c1-26-19-7-5-4-6-18(19)23-12-14-24(15-13-23)22(25)11-9-17-8-10-20(27-2)21(16-17)28-3/h4-11,16H,12-15H2,1-3H3/b11-9+. The normalized spacial score (nSPS) is 14.2. The lowest BCUT2D eigenvalue weighted by Crippen LogP contribution is -2.48. The molecule has 3 rings (SSSR count). The van der Waals surface area contributed by atoms with E-state index in [-0.39, 0.29) is 5.91 Å². The molecular weight excluding hydrogens is 356 g/mol. The fourth-order valence-corrected chi connectivity index (χ4v) is 3.29. The van der Waals surface area contributed by atoms with Crippen molar-refractivity contribution in [3.63, 3.8) is 0 Å². The topological polar surface area (TPSA) is 51.2 Å². The molecule has 0 radical (unpaired) electrons. The highest BCUT2D eigenvalue weighted by Crippen LogP contribution is 2.29. The summed E-state index contributed by atoms with van der Waals surface area (Å²) in [5, 5.41) is 0. The van der Waals surface area contributed by atoms with Gasteiger partial charge in [0.15, 0.2) is 11.5 Å². The number of rotatable bonds is 6. The number of methoxy groups -OCH3 is 3. The van der Waals surface area contributed by atoms with Crippen molar-refractivity contribution in [3.05, 3.63) is 54.1 Å². The summed E-state index contributed by atoms with van der Waals surface area (Å²) in [7, 11) is 4.87. The number of para-hydroxylation sites is 2. The largest absolute Gasteiger partial charge is 0.495 e. The summed E-state index contributed by atoms with van der Waals surface area (Å²) in [6, 6.07) is 13.5. The number of hydrogen-bond donors (Lipinski definition) is 0. The predicted molar refractivity (Wildman–Crippen MR) is 110 cm³/mol. The maximum absolute atomic E-state index is 12.6. The predicted octanol–water partition coefficient (Wildman–Crippen LogP) is 3.07. The van der Waals surface area contributed by atoms with Crippen LogP contribution in [0.3, 0.4) is 0 Å². The van der Waals surface area contributed by atoms with E-state index >= 15 is 0 Å². The molecule has 2 aromatic carbocycles. The summed E-state index contributed by atoms with van der Waals surface area (Å²) >= 11 is 0. The molecule has 148 valence electrons. The summed E-state index contributed by atoms with van der Waals surface area (Å²) in [6.45, 7) is 2.90. The van der Waals surface area contributed by atoms with Crippen LogP contribution in [0.25, 0.3) is 6.08 Å². The molecule has 1 fully saturated rings. The Morgan fingerprint density at radius 3 is 2.21 bits per heavy atom. The van der Waals surface area contributed by atoms with E-state index < -0.39 is 0 Å². The smallest absolute Gasteiger partial charge is 0.246 e. The second-order valence-corrected chi connectivity index (χ2v) is 6.43. The van der Waals surface area contributed by atoms with Crippen LogP contribution in [0.2, 0.25) is 0 Å². The number of amides is 1. The number of ether oxygens (including phenoxy) is 3. The van der Waals surface area contributed by atoms with Gasteiger partial charge < -0.3 is 24.0 Å². The van der Waals surface area contributed by atoms with Crippen molar-refractivity contribution in [1.29, 1.82) is 0 Å². The maximum atomic E-state index is 12.6. The highest BCUT2D eigenvalue weighted by Gasteiger charge is 2.21. The zero-order valence-corrected chi connectivity index (χ0v) is 16.6. The minimum atomic E-state index is 0.00876. The molecule has 6 heteroatoms. The van der Waals surface area contributed by atoms with Gasteiger partial charge in [-0.1, -0.05) is 18.2 Å². The van der Waals surface area contributed by atoms with Crippen molar-refractivity contribution in [2.24, 2.45) is 0 Å². The monoisotopic (exact) mass is 382 g/mol. The molecule has 1 saturated heterocycles. The van der Waals surface area contributed by atoms with Gasteiger partial charge in [0.05, 0.1) is 27.0 Å². The van der Waals surface area contributed by atoms with Crippen molar-refractivity contribution in [3.8, 4) is 17.2 Å². The number of carbonyl (C=O) groups is 1. The first-order valence-corrected chi connectivity index (χ1v) is 9.23. The Morgan fingerprint density at radius 2 is 1.54 bits per heavy atom. The van der Waals surface area contributed by atoms with E-state index in [1.807, 2.05) is 47.4 Å². The molecule has 1 amide bonds. The van der Waals surface area contributed by atoms with Crippen LogP contribution in [-0.4, -0.2) is 58.3 Å². The van der Waals surface area contributed by atoms with E-state index in [0.29, 0.717) is 24.6 Å². The van der Waals surface area contributed by atoms with Crippen LogP contribution in [-0.2, 0) is 4.79 Å². The summed E-state index contributed by atoms with van der Waals surface area (Å²) in [5.41, 5.74) is 1.96. The van der Waals surface area contributed by atoms with Crippen LogP contribution >= 0.6 is 0 Å². The first-order valence-electron chi connectivity index (χ1n) is 9.23. The zero-order valence-electron chi connectivity index (χ0n) is 16.6. The van der Waals surface area contributed by atoms with Crippen molar-refractivity contribution < 1.29 is 19.0 Å². The molecule has 0 N–H and O–H groups in total. The summed E-state index contributed by atoms with van der Waals surface area (Å²) in [4.78, 5) is 16.7. The molecule has 6 nitrogen and oxygen atoms in total. The number of carbonyl (C=O) groups excluding carboxylic acids is 1. The molecule has 0 atom stereocenters. The highest BCUT2D eigenvalue weighted by molar-refractivity contribution is 5.92. The van der Waals surface area contributed by atoms with E-state index in [0.717, 1.165) is 30.1 Å². The molecule has 2 aromatic rings. The Hall–Kier alpha value is -3.15. The van der Waals surface area contributed by atoms with Crippen LogP contribution in [0.1, 0.15) is 5.56 Å². The van der Waals surface area contributed by atoms with Gasteiger partial charge in [0.2, 0.25) is 5.91 Å². The van der Waals surface area contributed by atoms with Crippen LogP contribution in [0.4, 0.5) is 5.69 Å². The van der Waals surface area contributed by atoms with Gasteiger partial charge in [-0.15, -0.1) is 0 Å². The zero-order chi connectivity index (χ0) is 19.9. The van der Waals surface area contributed by atoms with Gasteiger partial charge >= 0.3 is 0 Å². The molecular formula is C22H26N2O4. The Labute approximate surface area is 165 Å². The van der Waals surface area contributed by atoms with Crippen LogP contribution in [0, 0.1) is 0 Å². The van der Waals surface area contributed by atoms with Crippen molar-refractivity contribution in [2.75, 3.05) is 52.4 Å². The van der Waals surface area contributed by atoms with Crippen LogP contribution in [0.5, 0.6) is 17.2 Å². The third-order valence-corrected chi connectivity index (χ3v) is 4.84. The molecule has 0 unspecified atom stereocenters. The van der Waals surface area contributed by atoms with Crippen molar-refractivity contribution >= 4 is 17.7 Å². The number of nitrogens with zero attached hydrogens (tertiary/aromatic N) is 2. The molecule has 1 aliphatic heterocycles. The average Bonchev–Trinajstić information content (AvgIpc) is 2.77. The van der Waals surface area contributed by atoms with Crippen molar-refractivity contribution in [2.45, 2.75) is 0 Å². The molecule has 0 saturated carbocycles. The van der Waals surface area contributed by atoms with Crippen LogP contribution < -0.4 is 19.1 Å². The van der Waals surface area contributed by atoms with E-state index in [9.17, 15) is 4.79 Å². The van der Waals surface area contributed by atoms with Gasteiger partial charge in [-0.2, -0.15) is 0 Å². The first-order chi connectivity index (χ1) is 13.7. The third kappa shape index (κ3) is 4.39. The number of benzene rings is 2. The van der Waals surface area contributed by atoms with E-state index in [2.05, 4.69) is 4.90 Å². The Morgan fingerprint density at radius 1 is 0.857 bits per heavy atom. The first kappa shape index (κ1) is 19.6. The lowest BCUT2D eigenvalue weighted by Gasteiger charge is -2.36. The van der Waals surface area contributed by atoms with Crippen molar-refractivity contribution in [1.82, 2.24) is 4.90 Å². The summed E-state index contributed by atoms with van der Waals surface area (Å²) in [6.07, 6.45) is 3.41. The lowest BCUT2D eigenvalue weighted by molar-refractivity contribution is -0.126. The maximum Gasteiger partial charge on any atom is 0.246 e. The van der Waals surface area contributed by atoms with Gasteiger partial charge in [-0.3, -0.25) is 4.79 Å². The van der Waals surface area contributed by atoms with Gasteiger partial charge in [-0.25, -0.2) is 0 Å². The summed E-state index contributed by atoms with van der Waals surface area (Å²) in [5.74, 6) is 2.17. The number of hydrogen-bond acceptors (Lipinski definition) is 5. The fraction of sp³-hybridized carbons (Fsp3) is 0.318. The molecule has 0 spiro atoms.